The zero-order valence-corrected chi connectivity index (χ0v) is 10.7. The maximum absolute atomic E-state index is 12.3. The molecule has 5 heteroatoms. The number of amides is 1. The van der Waals surface area contributed by atoms with Crippen LogP contribution in [0.15, 0.2) is 6.33 Å². The molecule has 2 aliphatic carbocycles. The first-order valence-corrected chi connectivity index (χ1v) is 6.93. The first-order chi connectivity index (χ1) is 8.78. The third-order valence-electron chi connectivity index (χ3n) is 4.56. The standard InChI is InChI=1S/C13H20N4O/c1-2-11(12-14-7-15-17-12)16-13(18)10-6-8-3-4-9(10)5-8/h7-11H,2-6H2,1H3,(H,16,18)(H,14,15,17)/t8-,9-,10-,11-/m0/s1. The van der Waals surface area contributed by atoms with Gasteiger partial charge in [-0.2, -0.15) is 5.10 Å². The summed E-state index contributed by atoms with van der Waals surface area (Å²) in [6, 6.07) is -0.0286. The van der Waals surface area contributed by atoms with E-state index in [1.54, 1.807) is 0 Å². The van der Waals surface area contributed by atoms with Crippen molar-refractivity contribution in [2.24, 2.45) is 17.8 Å². The van der Waals surface area contributed by atoms with Gasteiger partial charge in [-0.25, -0.2) is 4.98 Å². The van der Waals surface area contributed by atoms with Crippen LogP contribution in [0.25, 0.3) is 0 Å². The van der Waals surface area contributed by atoms with Crippen LogP contribution in [0.4, 0.5) is 0 Å². The van der Waals surface area contributed by atoms with Gasteiger partial charge in [0.2, 0.25) is 5.91 Å². The third-order valence-corrected chi connectivity index (χ3v) is 4.56. The molecule has 5 nitrogen and oxygen atoms in total. The molecule has 18 heavy (non-hydrogen) atoms. The minimum atomic E-state index is -0.0286. The number of H-pyrrole nitrogens is 1. The summed E-state index contributed by atoms with van der Waals surface area (Å²) >= 11 is 0. The molecule has 2 fully saturated rings. The Balaban J connectivity index is 1.63. The molecule has 4 atom stereocenters. The van der Waals surface area contributed by atoms with Crippen LogP contribution in [0.3, 0.4) is 0 Å². The van der Waals surface area contributed by atoms with E-state index in [2.05, 4.69) is 20.5 Å². The van der Waals surface area contributed by atoms with E-state index >= 15 is 0 Å². The third kappa shape index (κ3) is 2.02. The highest BCUT2D eigenvalue weighted by atomic mass is 16.2. The lowest BCUT2D eigenvalue weighted by Crippen LogP contribution is -2.36. The molecule has 1 heterocycles. The summed E-state index contributed by atoms with van der Waals surface area (Å²) in [4.78, 5) is 16.5. The zero-order valence-electron chi connectivity index (χ0n) is 10.7. The minimum Gasteiger partial charge on any atom is -0.346 e. The Labute approximate surface area is 107 Å². The van der Waals surface area contributed by atoms with Gasteiger partial charge in [-0.15, -0.1) is 0 Å². The minimum absolute atomic E-state index is 0.0286. The first kappa shape index (κ1) is 11.7. The number of aromatic amines is 1. The molecule has 0 unspecified atom stereocenters. The molecule has 1 amide bonds. The quantitative estimate of drug-likeness (QED) is 0.853. The van der Waals surface area contributed by atoms with Crippen molar-refractivity contribution in [2.75, 3.05) is 0 Å². The lowest BCUT2D eigenvalue weighted by atomic mass is 9.88. The van der Waals surface area contributed by atoms with Crippen LogP contribution in [-0.2, 0) is 4.79 Å². The van der Waals surface area contributed by atoms with Gasteiger partial charge in [0.15, 0.2) is 0 Å². The number of nitrogens with zero attached hydrogens (tertiary/aromatic N) is 2. The number of carbonyl (C=O) groups excluding carboxylic acids is 1. The van der Waals surface area contributed by atoms with Crippen LogP contribution in [0.1, 0.15) is 50.9 Å². The van der Waals surface area contributed by atoms with Crippen molar-refractivity contribution in [3.63, 3.8) is 0 Å². The van der Waals surface area contributed by atoms with Crippen molar-refractivity contribution < 1.29 is 4.79 Å². The van der Waals surface area contributed by atoms with Gasteiger partial charge in [-0.3, -0.25) is 9.89 Å². The van der Waals surface area contributed by atoms with Crippen LogP contribution in [-0.4, -0.2) is 21.1 Å². The molecular weight excluding hydrogens is 228 g/mol. The van der Waals surface area contributed by atoms with E-state index in [1.807, 2.05) is 6.92 Å². The Kier molecular flexibility index (Phi) is 3.06. The van der Waals surface area contributed by atoms with Gasteiger partial charge < -0.3 is 5.32 Å². The number of aromatic nitrogens is 3. The smallest absolute Gasteiger partial charge is 0.223 e. The van der Waals surface area contributed by atoms with Gasteiger partial charge in [0, 0.05) is 5.92 Å². The lowest BCUT2D eigenvalue weighted by molar-refractivity contribution is -0.127. The monoisotopic (exact) mass is 248 g/mol. The number of hydrogen-bond acceptors (Lipinski definition) is 3. The van der Waals surface area contributed by atoms with Crippen molar-refractivity contribution in [3.8, 4) is 0 Å². The summed E-state index contributed by atoms with van der Waals surface area (Å²) in [6.07, 6.45) is 7.24. The summed E-state index contributed by atoms with van der Waals surface area (Å²) in [5, 5.41) is 9.81. The first-order valence-electron chi connectivity index (χ1n) is 6.93. The molecule has 3 rings (SSSR count). The second-order valence-corrected chi connectivity index (χ2v) is 5.62. The maximum Gasteiger partial charge on any atom is 0.223 e. The molecule has 1 aromatic heterocycles. The van der Waals surface area contributed by atoms with Gasteiger partial charge in [-0.05, 0) is 37.5 Å². The SMILES string of the molecule is CC[C@H](NC(=O)[C@H]1C[C@H]2CC[C@H]1C2)c1ncn[nH]1. The van der Waals surface area contributed by atoms with Crippen molar-refractivity contribution in [3.05, 3.63) is 12.2 Å². The Hall–Kier alpha value is -1.39. The average molecular weight is 248 g/mol. The van der Waals surface area contributed by atoms with Gasteiger partial charge in [0.25, 0.3) is 0 Å². The predicted molar refractivity (Wildman–Crippen MR) is 66.5 cm³/mol. The predicted octanol–water partition coefficient (Wildman–Crippen LogP) is 1.81. The molecule has 0 aromatic carbocycles. The highest BCUT2D eigenvalue weighted by Crippen LogP contribution is 2.48. The molecular formula is C13H20N4O. The van der Waals surface area contributed by atoms with Gasteiger partial charge in [0.05, 0.1) is 6.04 Å². The van der Waals surface area contributed by atoms with Crippen molar-refractivity contribution >= 4 is 5.91 Å². The summed E-state index contributed by atoms with van der Waals surface area (Å²) in [6.45, 7) is 2.05. The lowest BCUT2D eigenvalue weighted by Gasteiger charge is -2.23. The van der Waals surface area contributed by atoms with Crippen molar-refractivity contribution in [1.82, 2.24) is 20.5 Å². The summed E-state index contributed by atoms with van der Waals surface area (Å²) in [5.74, 6) is 2.64. The fourth-order valence-electron chi connectivity index (χ4n) is 3.59. The van der Waals surface area contributed by atoms with Gasteiger partial charge >= 0.3 is 0 Å². The van der Waals surface area contributed by atoms with Crippen LogP contribution >= 0.6 is 0 Å². The van der Waals surface area contributed by atoms with Crippen LogP contribution in [0.5, 0.6) is 0 Å². The Bertz CT molecular complexity index is 417. The molecule has 0 spiro atoms. The molecule has 0 saturated heterocycles. The molecule has 2 bridgehead atoms. The van der Waals surface area contributed by atoms with E-state index in [1.165, 1.54) is 25.6 Å². The molecule has 98 valence electrons. The maximum atomic E-state index is 12.3. The molecule has 2 aliphatic rings. The summed E-state index contributed by atoms with van der Waals surface area (Å²) < 4.78 is 0. The van der Waals surface area contributed by atoms with Gasteiger partial charge in [-0.1, -0.05) is 13.3 Å². The largest absolute Gasteiger partial charge is 0.346 e. The fraction of sp³-hybridized carbons (Fsp3) is 0.769. The van der Waals surface area contributed by atoms with Crippen molar-refractivity contribution in [1.29, 1.82) is 0 Å². The second-order valence-electron chi connectivity index (χ2n) is 5.62. The summed E-state index contributed by atoms with van der Waals surface area (Å²) in [7, 11) is 0. The molecule has 1 aromatic rings. The van der Waals surface area contributed by atoms with E-state index in [-0.39, 0.29) is 17.9 Å². The van der Waals surface area contributed by atoms with Crippen LogP contribution in [0.2, 0.25) is 0 Å². The average Bonchev–Trinajstić information content (AvgIpc) is 3.10. The van der Waals surface area contributed by atoms with E-state index < -0.39 is 0 Å². The molecule has 2 N–H and O–H groups in total. The van der Waals surface area contributed by atoms with Crippen LogP contribution < -0.4 is 5.32 Å². The Morgan fingerprint density at radius 2 is 2.44 bits per heavy atom. The van der Waals surface area contributed by atoms with E-state index in [0.29, 0.717) is 5.92 Å². The van der Waals surface area contributed by atoms with E-state index in [4.69, 9.17) is 0 Å². The number of carbonyl (C=O) groups is 1. The number of nitrogens with one attached hydrogen (secondary N) is 2. The number of rotatable bonds is 4. The van der Waals surface area contributed by atoms with Crippen molar-refractivity contribution in [2.45, 2.75) is 45.1 Å². The molecule has 0 aliphatic heterocycles. The summed E-state index contributed by atoms with van der Waals surface area (Å²) in [5.41, 5.74) is 0. The van der Waals surface area contributed by atoms with E-state index in [9.17, 15) is 4.79 Å². The Morgan fingerprint density at radius 1 is 1.56 bits per heavy atom. The van der Waals surface area contributed by atoms with Gasteiger partial charge in [0.1, 0.15) is 12.2 Å². The second kappa shape index (κ2) is 4.71. The molecule has 2 saturated carbocycles. The zero-order chi connectivity index (χ0) is 12.5. The number of hydrogen-bond donors (Lipinski definition) is 2. The van der Waals surface area contributed by atoms with E-state index in [0.717, 1.165) is 24.6 Å². The topological polar surface area (TPSA) is 70.7 Å². The molecule has 0 radical (unpaired) electrons. The fourth-order valence-corrected chi connectivity index (χ4v) is 3.59. The Morgan fingerprint density at radius 3 is 3.00 bits per heavy atom. The highest BCUT2D eigenvalue weighted by molar-refractivity contribution is 5.79. The number of fused-ring (bicyclic) bond motifs is 2. The highest BCUT2D eigenvalue weighted by Gasteiger charge is 2.43. The normalized spacial score (nSPS) is 31.5. The van der Waals surface area contributed by atoms with Crippen LogP contribution in [0, 0.1) is 17.8 Å².